The lowest BCUT2D eigenvalue weighted by atomic mass is 9.99. The van der Waals surface area contributed by atoms with Gasteiger partial charge in [-0.25, -0.2) is 0 Å². The van der Waals surface area contributed by atoms with Crippen LogP contribution in [0.1, 0.15) is 22.2 Å². The fourth-order valence-electron chi connectivity index (χ4n) is 2.47. The van der Waals surface area contributed by atoms with Crippen LogP contribution >= 0.6 is 11.3 Å². The lowest BCUT2D eigenvalue weighted by molar-refractivity contribution is 0.0569. The molecule has 0 unspecified atom stereocenters. The number of nitrogens with zero attached hydrogens (tertiary/aromatic N) is 3. The summed E-state index contributed by atoms with van der Waals surface area (Å²) in [5.41, 5.74) is 0.714. The van der Waals surface area contributed by atoms with E-state index in [4.69, 9.17) is 4.52 Å². The smallest absolute Gasteiger partial charge is 0.253 e. The van der Waals surface area contributed by atoms with Crippen molar-refractivity contribution < 1.29 is 9.32 Å². The van der Waals surface area contributed by atoms with Crippen molar-refractivity contribution in [2.75, 3.05) is 13.1 Å². The van der Waals surface area contributed by atoms with Gasteiger partial charge in [0.2, 0.25) is 11.7 Å². The molecule has 1 aliphatic rings. The van der Waals surface area contributed by atoms with Gasteiger partial charge in [-0.05, 0) is 23.6 Å². The largest absolute Gasteiger partial charge is 0.339 e. The summed E-state index contributed by atoms with van der Waals surface area (Å²) in [6.07, 6.45) is 0. The molecule has 3 heterocycles. The normalized spacial score (nSPS) is 14.8. The van der Waals surface area contributed by atoms with Crippen LogP contribution in [0.4, 0.5) is 0 Å². The molecule has 0 radical (unpaired) electrons. The molecular weight excluding hydrogens is 298 g/mol. The number of rotatable bonds is 3. The molecule has 22 heavy (non-hydrogen) atoms. The number of amides is 1. The van der Waals surface area contributed by atoms with Gasteiger partial charge in [-0.3, -0.25) is 4.79 Å². The molecule has 5 nitrogen and oxygen atoms in total. The first kappa shape index (κ1) is 13.2. The van der Waals surface area contributed by atoms with Crippen LogP contribution < -0.4 is 0 Å². The molecule has 0 atom stereocenters. The summed E-state index contributed by atoms with van der Waals surface area (Å²) in [5, 5.41) is 5.99. The fraction of sp³-hybridized carbons (Fsp3) is 0.188. The highest BCUT2D eigenvalue weighted by Crippen LogP contribution is 2.29. The van der Waals surface area contributed by atoms with E-state index in [0.29, 0.717) is 30.4 Å². The van der Waals surface area contributed by atoms with Gasteiger partial charge < -0.3 is 9.42 Å². The molecule has 0 saturated carbocycles. The lowest BCUT2D eigenvalue weighted by Gasteiger charge is -2.37. The Labute approximate surface area is 131 Å². The van der Waals surface area contributed by atoms with E-state index >= 15 is 0 Å². The van der Waals surface area contributed by atoms with Crippen LogP contribution in [0.3, 0.4) is 0 Å². The van der Waals surface area contributed by atoms with E-state index < -0.39 is 0 Å². The highest BCUT2D eigenvalue weighted by atomic mass is 32.1. The van der Waals surface area contributed by atoms with E-state index in [2.05, 4.69) is 10.1 Å². The van der Waals surface area contributed by atoms with E-state index in [0.717, 1.165) is 4.88 Å². The molecule has 2 aromatic heterocycles. The number of likely N-dealkylation sites (tertiary alicyclic amines) is 1. The Balaban J connectivity index is 1.42. The molecular formula is C16H13N3O2S. The summed E-state index contributed by atoms with van der Waals surface area (Å²) in [4.78, 5) is 19.5. The average molecular weight is 311 g/mol. The van der Waals surface area contributed by atoms with E-state index in [1.807, 2.05) is 47.8 Å². The van der Waals surface area contributed by atoms with Gasteiger partial charge in [-0.2, -0.15) is 4.98 Å². The minimum Gasteiger partial charge on any atom is -0.339 e. The number of aromatic nitrogens is 2. The zero-order valence-electron chi connectivity index (χ0n) is 11.7. The highest BCUT2D eigenvalue weighted by molar-refractivity contribution is 7.13. The summed E-state index contributed by atoms with van der Waals surface area (Å²) < 4.78 is 5.33. The summed E-state index contributed by atoms with van der Waals surface area (Å²) in [7, 11) is 0. The topological polar surface area (TPSA) is 59.2 Å². The Hall–Kier alpha value is -2.47. The number of thiophene rings is 1. The molecule has 1 aromatic carbocycles. The van der Waals surface area contributed by atoms with Gasteiger partial charge >= 0.3 is 0 Å². The predicted molar refractivity (Wildman–Crippen MR) is 82.7 cm³/mol. The monoisotopic (exact) mass is 311 g/mol. The number of carbonyl (C=O) groups excluding carboxylic acids is 1. The average Bonchev–Trinajstić information content (AvgIpc) is 3.17. The maximum atomic E-state index is 12.3. The molecule has 1 aliphatic heterocycles. The SMILES string of the molecule is O=C(c1ccccc1)N1CC(c2nc(-c3cccs3)no2)C1. The fourth-order valence-corrected chi connectivity index (χ4v) is 3.12. The van der Waals surface area contributed by atoms with E-state index in [-0.39, 0.29) is 11.8 Å². The zero-order chi connectivity index (χ0) is 14.9. The second kappa shape index (κ2) is 5.38. The number of hydrogen-bond donors (Lipinski definition) is 0. The maximum absolute atomic E-state index is 12.3. The Morgan fingerprint density at radius 2 is 2.00 bits per heavy atom. The van der Waals surface area contributed by atoms with Crippen LogP contribution in [0.25, 0.3) is 10.7 Å². The Kier molecular flexibility index (Phi) is 3.23. The molecule has 0 bridgehead atoms. The van der Waals surface area contributed by atoms with E-state index in [1.54, 1.807) is 16.2 Å². The van der Waals surface area contributed by atoms with Crippen LogP contribution in [0.5, 0.6) is 0 Å². The van der Waals surface area contributed by atoms with Crippen LogP contribution in [0, 0.1) is 0 Å². The van der Waals surface area contributed by atoms with Gasteiger partial charge in [-0.1, -0.05) is 29.4 Å². The van der Waals surface area contributed by atoms with E-state index in [9.17, 15) is 4.79 Å². The van der Waals surface area contributed by atoms with Crippen molar-refractivity contribution in [1.82, 2.24) is 15.0 Å². The second-order valence-electron chi connectivity index (χ2n) is 5.21. The summed E-state index contributed by atoms with van der Waals surface area (Å²) in [6.45, 7) is 1.25. The Morgan fingerprint density at radius 1 is 1.18 bits per heavy atom. The van der Waals surface area contributed by atoms with Crippen LogP contribution in [-0.2, 0) is 0 Å². The van der Waals surface area contributed by atoms with Crippen LogP contribution in [-0.4, -0.2) is 34.0 Å². The van der Waals surface area contributed by atoms with Crippen molar-refractivity contribution in [2.24, 2.45) is 0 Å². The van der Waals surface area contributed by atoms with Crippen molar-refractivity contribution in [3.8, 4) is 10.7 Å². The molecule has 0 aliphatic carbocycles. The minimum absolute atomic E-state index is 0.0508. The molecule has 1 fully saturated rings. The second-order valence-corrected chi connectivity index (χ2v) is 6.15. The van der Waals surface area contributed by atoms with Crippen LogP contribution in [0.2, 0.25) is 0 Å². The number of hydrogen-bond acceptors (Lipinski definition) is 5. The number of benzene rings is 1. The van der Waals surface area contributed by atoms with Crippen LogP contribution in [0.15, 0.2) is 52.4 Å². The van der Waals surface area contributed by atoms with Crippen molar-refractivity contribution in [2.45, 2.75) is 5.92 Å². The van der Waals surface area contributed by atoms with E-state index in [1.165, 1.54) is 0 Å². The number of carbonyl (C=O) groups is 1. The van der Waals surface area contributed by atoms with Gasteiger partial charge in [0, 0.05) is 18.7 Å². The Morgan fingerprint density at radius 3 is 2.73 bits per heavy atom. The third-order valence-corrected chi connectivity index (χ3v) is 4.59. The van der Waals surface area contributed by atoms with Gasteiger partial charge in [0.05, 0.1) is 10.8 Å². The first-order valence-electron chi connectivity index (χ1n) is 7.03. The van der Waals surface area contributed by atoms with Gasteiger partial charge in [-0.15, -0.1) is 11.3 Å². The molecule has 0 N–H and O–H groups in total. The van der Waals surface area contributed by atoms with Gasteiger partial charge in [0.15, 0.2) is 0 Å². The van der Waals surface area contributed by atoms with Crippen molar-refractivity contribution in [3.63, 3.8) is 0 Å². The first-order valence-corrected chi connectivity index (χ1v) is 7.91. The molecule has 4 rings (SSSR count). The molecule has 1 amide bonds. The van der Waals surface area contributed by atoms with Gasteiger partial charge in [0.1, 0.15) is 0 Å². The van der Waals surface area contributed by atoms with Crippen molar-refractivity contribution in [3.05, 3.63) is 59.3 Å². The maximum Gasteiger partial charge on any atom is 0.253 e. The highest BCUT2D eigenvalue weighted by Gasteiger charge is 2.36. The summed E-state index contributed by atoms with van der Waals surface area (Å²) in [6, 6.07) is 13.2. The molecule has 1 saturated heterocycles. The molecule has 3 aromatic rings. The molecule has 0 spiro atoms. The van der Waals surface area contributed by atoms with Crippen molar-refractivity contribution >= 4 is 17.2 Å². The quantitative estimate of drug-likeness (QED) is 0.746. The minimum atomic E-state index is 0.0508. The predicted octanol–water partition coefficient (Wildman–Crippen LogP) is 3.04. The summed E-state index contributed by atoms with van der Waals surface area (Å²) >= 11 is 1.58. The summed E-state index contributed by atoms with van der Waals surface area (Å²) in [5.74, 6) is 1.42. The zero-order valence-corrected chi connectivity index (χ0v) is 12.5. The van der Waals surface area contributed by atoms with Gasteiger partial charge in [0.25, 0.3) is 5.91 Å². The third kappa shape index (κ3) is 2.31. The molecule has 6 heteroatoms. The Bertz CT molecular complexity index is 777. The third-order valence-electron chi connectivity index (χ3n) is 3.72. The van der Waals surface area contributed by atoms with Crippen molar-refractivity contribution in [1.29, 1.82) is 0 Å². The lowest BCUT2D eigenvalue weighted by Crippen LogP contribution is -2.48. The molecule has 110 valence electrons. The standard InChI is InChI=1S/C16H13N3O2S/c20-16(11-5-2-1-3-6-11)19-9-12(10-19)15-17-14(18-21-15)13-7-4-8-22-13/h1-8,12H,9-10H2. The first-order chi connectivity index (χ1) is 10.8.